The summed E-state index contributed by atoms with van der Waals surface area (Å²) in [6.07, 6.45) is 0.173. The van der Waals surface area contributed by atoms with Gasteiger partial charge >= 0.3 is 6.03 Å². The van der Waals surface area contributed by atoms with Gasteiger partial charge in [-0.3, -0.25) is 4.79 Å². The molecule has 2 rings (SSSR count). The van der Waals surface area contributed by atoms with Crippen LogP contribution in [0.3, 0.4) is 0 Å². The molecule has 1 fully saturated rings. The third-order valence-corrected chi connectivity index (χ3v) is 4.16. The van der Waals surface area contributed by atoms with Gasteiger partial charge in [0.2, 0.25) is 5.91 Å². The Bertz CT molecular complexity index is 633. The number of anilines is 1. The highest BCUT2D eigenvalue weighted by atomic mass is 16.5. The van der Waals surface area contributed by atoms with E-state index in [1.165, 1.54) is 19.1 Å². The van der Waals surface area contributed by atoms with Crippen LogP contribution in [-0.4, -0.2) is 80.2 Å². The van der Waals surface area contributed by atoms with Crippen LogP contribution in [0, 0.1) is 0 Å². The zero-order valence-electron chi connectivity index (χ0n) is 15.0. The van der Waals surface area contributed by atoms with Crippen molar-refractivity contribution in [2.75, 3.05) is 52.0 Å². The highest BCUT2D eigenvalue weighted by molar-refractivity contribution is 5.97. The quantitative estimate of drug-likeness (QED) is 0.587. The van der Waals surface area contributed by atoms with Crippen LogP contribution in [-0.2, 0) is 4.79 Å². The fourth-order valence-electron chi connectivity index (χ4n) is 2.87. The van der Waals surface area contributed by atoms with Crippen LogP contribution < -0.4 is 19.7 Å². The highest BCUT2D eigenvalue weighted by Crippen LogP contribution is 2.33. The molecule has 0 saturated carbocycles. The lowest BCUT2D eigenvalue weighted by Gasteiger charge is -2.24. The molecule has 9 heteroatoms. The van der Waals surface area contributed by atoms with Crippen LogP contribution in [0.1, 0.15) is 6.42 Å². The zero-order valence-corrected chi connectivity index (χ0v) is 15.0. The third-order valence-electron chi connectivity index (χ3n) is 4.16. The molecule has 9 nitrogen and oxygen atoms in total. The van der Waals surface area contributed by atoms with Crippen molar-refractivity contribution in [1.29, 1.82) is 0 Å². The molecular formula is C17H25N3O6. The molecule has 3 amide bonds. The first-order valence-corrected chi connectivity index (χ1v) is 8.33. The van der Waals surface area contributed by atoms with E-state index in [0.29, 0.717) is 23.7 Å². The van der Waals surface area contributed by atoms with Gasteiger partial charge < -0.3 is 34.8 Å². The number of carbonyl (C=O) groups excluding carboxylic acids is 2. The Morgan fingerprint density at radius 1 is 1.23 bits per heavy atom. The molecule has 1 heterocycles. The molecule has 0 radical (unpaired) electrons. The summed E-state index contributed by atoms with van der Waals surface area (Å²) in [5.74, 6) is 0.970. The van der Waals surface area contributed by atoms with Crippen molar-refractivity contribution in [3.05, 3.63) is 18.2 Å². The number of rotatable bonds is 8. The van der Waals surface area contributed by atoms with Crippen molar-refractivity contribution in [3.8, 4) is 11.5 Å². The van der Waals surface area contributed by atoms with Gasteiger partial charge in [-0.15, -0.1) is 0 Å². The van der Waals surface area contributed by atoms with Gasteiger partial charge in [0.15, 0.2) is 11.5 Å². The molecule has 1 aromatic rings. The summed E-state index contributed by atoms with van der Waals surface area (Å²) in [5, 5.41) is 20.8. The second-order valence-electron chi connectivity index (χ2n) is 5.83. The van der Waals surface area contributed by atoms with Gasteiger partial charge in [0.05, 0.1) is 33.5 Å². The molecule has 26 heavy (non-hydrogen) atoms. The smallest absolute Gasteiger partial charge is 0.317 e. The largest absolute Gasteiger partial charge is 0.493 e. The first-order valence-electron chi connectivity index (χ1n) is 8.33. The van der Waals surface area contributed by atoms with Crippen LogP contribution >= 0.6 is 0 Å². The standard InChI is InChI=1S/C17H25N3O6/c1-25-14-4-3-13(10-15(14)26-2)20-11-12(9-16(20)23)18-17(24)19(5-7-21)6-8-22/h3-4,10,12,21-22H,5-9,11H2,1-2H3,(H,18,24)/t12-/m0/s1. The van der Waals surface area contributed by atoms with Gasteiger partial charge in [-0.05, 0) is 12.1 Å². The van der Waals surface area contributed by atoms with Gasteiger partial charge in [-0.1, -0.05) is 0 Å². The minimum atomic E-state index is -0.417. The normalized spacial score (nSPS) is 16.5. The van der Waals surface area contributed by atoms with Crippen molar-refractivity contribution >= 4 is 17.6 Å². The van der Waals surface area contributed by atoms with Crippen LogP contribution in [0.4, 0.5) is 10.5 Å². The number of methoxy groups -OCH3 is 2. The highest BCUT2D eigenvalue weighted by Gasteiger charge is 2.32. The van der Waals surface area contributed by atoms with E-state index in [0.717, 1.165) is 0 Å². The number of aliphatic hydroxyl groups excluding tert-OH is 2. The molecule has 1 aromatic carbocycles. The molecule has 0 aliphatic carbocycles. The Balaban J connectivity index is 2.05. The summed E-state index contributed by atoms with van der Waals surface area (Å²) in [5.41, 5.74) is 0.659. The first-order chi connectivity index (χ1) is 12.5. The van der Waals surface area contributed by atoms with Crippen molar-refractivity contribution in [2.45, 2.75) is 12.5 Å². The maximum Gasteiger partial charge on any atom is 0.317 e. The number of ether oxygens (including phenoxy) is 2. The lowest BCUT2D eigenvalue weighted by Crippen LogP contribution is -2.47. The Kier molecular flexibility index (Phi) is 7.05. The lowest BCUT2D eigenvalue weighted by molar-refractivity contribution is -0.117. The summed E-state index contributed by atoms with van der Waals surface area (Å²) in [4.78, 5) is 27.5. The van der Waals surface area contributed by atoms with Crippen molar-refractivity contribution in [3.63, 3.8) is 0 Å². The summed E-state index contributed by atoms with van der Waals surface area (Å²) in [6.45, 7) is 0.161. The van der Waals surface area contributed by atoms with Crippen molar-refractivity contribution in [2.24, 2.45) is 0 Å². The van der Waals surface area contributed by atoms with E-state index in [2.05, 4.69) is 5.32 Å². The summed E-state index contributed by atoms with van der Waals surface area (Å²) in [6, 6.07) is 4.42. The van der Waals surface area contributed by atoms with Crippen LogP contribution in [0.25, 0.3) is 0 Å². The predicted octanol–water partition coefficient (Wildman–Crippen LogP) is -0.195. The molecule has 1 atom stereocenters. The average Bonchev–Trinajstić information content (AvgIpc) is 3.00. The lowest BCUT2D eigenvalue weighted by atomic mass is 10.2. The number of amides is 3. The second kappa shape index (κ2) is 9.25. The topological polar surface area (TPSA) is 112 Å². The van der Waals surface area contributed by atoms with Gasteiger partial charge in [0.25, 0.3) is 0 Å². The molecule has 0 unspecified atom stereocenters. The van der Waals surface area contributed by atoms with E-state index < -0.39 is 6.03 Å². The van der Waals surface area contributed by atoms with Crippen LogP contribution in [0.2, 0.25) is 0 Å². The maximum atomic E-state index is 12.4. The summed E-state index contributed by atoms with van der Waals surface area (Å²) >= 11 is 0. The summed E-state index contributed by atoms with van der Waals surface area (Å²) in [7, 11) is 3.06. The fourth-order valence-corrected chi connectivity index (χ4v) is 2.87. The van der Waals surface area contributed by atoms with E-state index in [9.17, 15) is 9.59 Å². The monoisotopic (exact) mass is 367 g/mol. The predicted molar refractivity (Wildman–Crippen MR) is 94.6 cm³/mol. The van der Waals surface area contributed by atoms with Gasteiger partial charge in [-0.2, -0.15) is 0 Å². The number of hydrogen-bond acceptors (Lipinski definition) is 6. The van der Waals surface area contributed by atoms with E-state index >= 15 is 0 Å². The van der Waals surface area contributed by atoms with Crippen LogP contribution in [0.15, 0.2) is 18.2 Å². The molecule has 0 bridgehead atoms. The van der Waals surface area contributed by atoms with Crippen LogP contribution in [0.5, 0.6) is 11.5 Å². The molecule has 0 spiro atoms. The van der Waals surface area contributed by atoms with E-state index in [1.54, 1.807) is 23.1 Å². The third kappa shape index (κ3) is 4.55. The minimum absolute atomic E-state index is 0.113. The fraction of sp³-hybridized carbons (Fsp3) is 0.529. The number of aliphatic hydroxyl groups is 2. The molecule has 1 aliphatic rings. The molecule has 144 valence electrons. The number of carbonyl (C=O) groups is 2. The Hall–Kier alpha value is -2.52. The Labute approximate surface area is 152 Å². The Morgan fingerprint density at radius 3 is 2.46 bits per heavy atom. The molecule has 1 aliphatic heterocycles. The number of hydrogen-bond donors (Lipinski definition) is 3. The summed E-state index contributed by atoms with van der Waals surface area (Å²) < 4.78 is 10.5. The number of urea groups is 1. The SMILES string of the molecule is COc1ccc(N2C[C@@H](NC(=O)N(CCO)CCO)CC2=O)cc1OC. The van der Waals surface area contributed by atoms with Gasteiger partial charge in [0.1, 0.15) is 0 Å². The average molecular weight is 367 g/mol. The van der Waals surface area contributed by atoms with Gasteiger partial charge in [-0.25, -0.2) is 4.79 Å². The number of benzene rings is 1. The maximum absolute atomic E-state index is 12.4. The Morgan fingerprint density at radius 2 is 1.88 bits per heavy atom. The molecule has 0 aromatic heterocycles. The second-order valence-corrected chi connectivity index (χ2v) is 5.83. The van der Waals surface area contributed by atoms with E-state index in [1.807, 2.05) is 0 Å². The first kappa shape index (κ1) is 19.8. The van der Waals surface area contributed by atoms with E-state index in [4.69, 9.17) is 19.7 Å². The van der Waals surface area contributed by atoms with Gasteiger partial charge in [0, 0.05) is 37.8 Å². The zero-order chi connectivity index (χ0) is 19.1. The van der Waals surface area contributed by atoms with Crippen molar-refractivity contribution in [1.82, 2.24) is 10.2 Å². The minimum Gasteiger partial charge on any atom is -0.493 e. The van der Waals surface area contributed by atoms with E-state index in [-0.39, 0.29) is 44.7 Å². The number of nitrogens with zero attached hydrogens (tertiary/aromatic N) is 2. The van der Waals surface area contributed by atoms with Crippen molar-refractivity contribution < 1.29 is 29.3 Å². The number of nitrogens with one attached hydrogen (secondary N) is 1. The molecular weight excluding hydrogens is 342 g/mol. The molecule has 3 N–H and O–H groups in total. The molecule has 1 saturated heterocycles.